The van der Waals surface area contributed by atoms with Crippen molar-refractivity contribution in [1.29, 1.82) is 0 Å². The van der Waals surface area contributed by atoms with E-state index in [1.54, 1.807) is 12.1 Å². The smallest absolute Gasteiger partial charge is 0.227 e. The van der Waals surface area contributed by atoms with Crippen molar-refractivity contribution in [1.82, 2.24) is 4.98 Å². The van der Waals surface area contributed by atoms with Gasteiger partial charge in [-0.1, -0.05) is 17.4 Å². The third-order valence-corrected chi connectivity index (χ3v) is 6.94. The molecule has 0 fully saturated rings. The molecule has 0 radical (unpaired) electrons. The number of thiazole rings is 1. The van der Waals surface area contributed by atoms with Gasteiger partial charge in [-0.3, -0.25) is 4.79 Å². The van der Waals surface area contributed by atoms with Crippen LogP contribution in [0.25, 0.3) is 10.2 Å². The predicted molar refractivity (Wildman–Crippen MR) is 107 cm³/mol. The number of nitrogens with one attached hydrogen (secondary N) is 1. The van der Waals surface area contributed by atoms with Crippen LogP contribution in [0.15, 0.2) is 41.3 Å². The number of anilines is 1. The minimum Gasteiger partial charge on any atom is -0.497 e. The number of hydrogen-bond donors (Lipinski definition) is 1. The lowest BCUT2D eigenvalue weighted by atomic mass is 10.1. The van der Waals surface area contributed by atoms with E-state index in [1.807, 2.05) is 19.9 Å². The van der Waals surface area contributed by atoms with Crippen LogP contribution in [-0.4, -0.2) is 32.2 Å². The highest BCUT2D eigenvalue weighted by Crippen LogP contribution is 2.29. The summed E-state index contributed by atoms with van der Waals surface area (Å²) in [6, 6.07) is 10.1. The number of sulfone groups is 1. The molecule has 0 aliphatic rings. The maximum Gasteiger partial charge on any atom is 0.227 e. The molecule has 6 nitrogen and oxygen atoms in total. The highest BCUT2D eigenvalue weighted by Gasteiger charge is 2.17. The quantitative estimate of drug-likeness (QED) is 0.677. The molecule has 27 heavy (non-hydrogen) atoms. The van der Waals surface area contributed by atoms with Gasteiger partial charge in [-0.15, -0.1) is 0 Å². The second-order valence-corrected chi connectivity index (χ2v) is 9.35. The fourth-order valence-electron chi connectivity index (χ4n) is 2.74. The summed E-state index contributed by atoms with van der Waals surface area (Å²) in [5, 5.41) is 3.18. The number of aromatic nitrogens is 1. The summed E-state index contributed by atoms with van der Waals surface area (Å²) in [6.45, 7) is 3.99. The molecule has 1 N–H and O–H groups in total. The monoisotopic (exact) mass is 404 g/mol. The highest BCUT2D eigenvalue weighted by atomic mass is 32.2. The van der Waals surface area contributed by atoms with Crippen molar-refractivity contribution in [3.05, 3.63) is 47.5 Å². The van der Waals surface area contributed by atoms with Crippen molar-refractivity contribution in [2.45, 2.75) is 25.2 Å². The van der Waals surface area contributed by atoms with E-state index in [0.717, 1.165) is 21.3 Å². The summed E-state index contributed by atoms with van der Waals surface area (Å²) < 4.78 is 30.8. The molecule has 3 aromatic rings. The van der Waals surface area contributed by atoms with Crippen molar-refractivity contribution in [3.63, 3.8) is 0 Å². The second kappa shape index (κ2) is 7.66. The maximum absolute atomic E-state index is 12.4. The first kappa shape index (κ1) is 19.3. The Morgan fingerprint density at radius 3 is 2.56 bits per heavy atom. The Kier molecular flexibility index (Phi) is 5.48. The van der Waals surface area contributed by atoms with Gasteiger partial charge in [0, 0.05) is 6.42 Å². The number of amides is 1. The SMILES string of the molecule is COc1ccc(S(=O)(=O)CCC(=O)Nc2nc3cc(C)cc(C)c3s2)cc1. The normalized spacial score (nSPS) is 11.5. The molecule has 3 rings (SSSR count). The van der Waals surface area contributed by atoms with Crippen LogP contribution in [0.4, 0.5) is 5.13 Å². The molecule has 0 spiro atoms. The number of rotatable bonds is 6. The molecule has 0 aliphatic heterocycles. The molecule has 1 amide bonds. The molecular formula is C19H20N2O4S2. The molecule has 1 heterocycles. The summed E-state index contributed by atoms with van der Waals surface area (Å²) in [7, 11) is -2.03. The van der Waals surface area contributed by atoms with Crippen LogP contribution in [0.5, 0.6) is 5.75 Å². The lowest BCUT2D eigenvalue weighted by molar-refractivity contribution is -0.115. The fraction of sp³-hybridized carbons (Fsp3) is 0.263. The molecule has 0 saturated heterocycles. The van der Waals surface area contributed by atoms with E-state index in [4.69, 9.17) is 4.74 Å². The number of ether oxygens (including phenoxy) is 1. The van der Waals surface area contributed by atoms with Crippen molar-refractivity contribution in [3.8, 4) is 5.75 Å². The van der Waals surface area contributed by atoms with E-state index in [1.165, 1.54) is 30.6 Å². The van der Waals surface area contributed by atoms with Gasteiger partial charge in [0.1, 0.15) is 5.75 Å². The Bertz CT molecular complexity index is 1090. The minimum atomic E-state index is -3.54. The van der Waals surface area contributed by atoms with Gasteiger partial charge in [-0.05, 0) is 55.3 Å². The summed E-state index contributed by atoms with van der Waals surface area (Å²) >= 11 is 1.39. The van der Waals surface area contributed by atoms with Gasteiger partial charge < -0.3 is 10.1 Å². The molecule has 2 aromatic carbocycles. The second-order valence-electron chi connectivity index (χ2n) is 6.24. The highest BCUT2D eigenvalue weighted by molar-refractivity contribution is 7.91. The predicted octanol–water partition coefficient (Wildman–Crippen LogP) is 3.72. The van der Waals surface area contributed by atoms with Gasteiger partial charge in [0.2, 0.25) is 5.91 Å². The van der Waals surface area contributed by atoms with E-state index < -0.39 is 9.84 Å². The molecule has 0 aliphatic carbocycles. The lowest BCUT2D eigenvalue weighted by Crippen LogP contribution is -2.17. The molecular weight excluding hydrogens is 384 g/mol. The van der Waals surface area contributed by atoms with Gasteiger partial charge >= 0.3 is 0 Å². The van der Waals surface area contributed by atoms with E-state index in [2.05, 4.69) is 16.4 Å². The van der Waals surface area contributed by atoms with Crippen molar-refractivity contribution in [2.24, 2.45) is 0 Å². The van der Waals surface area contributed by atoms with Crippen LogP contribution in [0.1, 0.15) is 17.5 Å². The van der Waals surface area contributed by atoms with Crippen LogP contribution in [0.3, 0.4) is 0 Å². The lowest BCUT2D eigenvalue weighted by Gasteiger charge is -2.06. The van der Waals surface area contributed by atoms with Gasteiger partial charge in [-0.25, -0.2) is 13.4 Å². The number of fused-ring (bicyclic) bond motifs is 1. The number of hydrogen-bond acceptors (Lipinski definition) is 6. The number of methoxy groups -OCH3 is 1. The number of carbonyl (C=O) groups excluding carboxylic acids is 1. The fourth-order valence-corrected chi connectivity index (χ4v) is 4.91. The first-order chi connectivity index (χ1) is 12.8. The van der Waals surface area contributed by atoms with E-state index in [-0.39, 0.29) is 23.0 Å². The summed E-state index contributed by atoms with van der Waals surface area (Å²) in [4.78, 5) is 16.8. The van der Waals surface area contributed by atoms with E-state index in [0.29, 0.717) is 10.9 Å². The Morgan fingerprint density at radius 2 is 1.89 bits per heavy atom. The molecule has 0 saturated carbocycles. The Morgan fingerprint density at radius 1 is 1.19 bits per heavy atom. The summed E-state index contributed by atoms with van der Waals surface area (Å²) in [5.41, 5.74) is 3.04. The first-order valence-corrected chi connectivity index (χ1v) is 10.8. The number of aryl methyl sites for hydroxylation is 2. The number of carbonyl (C=O) groups is 1. The summed E-state index contributed by atoms with van der Waals surface area (Å²) in [6.07, 6.45) is -0.137. The molecule has 0 unspecified atom stereocenters. The maximum atomic E-state index is 12.4. The van der Waals surface area contributed by atoms with Gasteiger partial charge in [0.25, 0.3) is 0 Å². The minimum absolute atomic E-state index is 0.137. The zero-order valence-corrected chi connectivity index (χ0v) is 16.9. The van der Waals surface area contributed by atoms with E-state index in [9.17, 15) is 13.2 Å². The molecule has 1 aromatic heterocycles. The van der Waals surface area contributed by atoms with Crippen LogP contribution in [0.2, 0.25) is 0 Å². The van der Waals surface area contributed by atoms with Crippen molar-refractivity contribution >= 4 is 42.4 Å². The van der Waals surface area contributed by atoms with Gasteiger partial charge in [-0.2, -0.15) is 0 Å². The average Bonchev–Trinajstić information content (AvgIpc) is 3.02. The standard InChI is InChI=1S/C19H20N2O4S2/c1-12-10-13(2)18-16(11-12)20-19(26-18)21-17(22)8-9-27(23,24)15-6-4-14(25-3)5-7-15/h4-7,10-11H,8-9H2,1-3H3,(H,20,21,22). The third-order valence-electron chi connectivity index (χ3n) is 4.08. The number of nitrogens with zero attached hydrogens (tertiary/aromatic N) is 1. The molecule has 0 atom stereocenters. The van der Waals surface area contributed by atoms with Gasteiger partial charge in [0.15, 0.2) is 15.0 Å². The van der Waals surface area contributed by atoms with Crippen molar-refractivity contribution < 1.29 is 17.9 Å². The zero-order valence-electron chi connectivity index (χ0n) is 15.3. The molecule has 8 heteroatoms. The van der Waals surface area contributed by atoms with Crippen LogP contribution in [-0.2, 0) is 14.6 Å². The topological polar surface area (TPSA) is 85.4 Å². The van der Waals surface area contributed by atoms with Crippen LogP contribution < -0.4 is 10.1 Å². The first-order valence-electron chi connectivity index (χ1n) is 8.33. The molecule has 142 valence electrons. The average molecular weight is 405 g/mol. The van der Waals surface area contributed by atoms with Crippen LogP contribution in [0, 0.1) is 13.8 Å². The van der Waals surface area contributed by atoms with Crippen LogP contribution >= 0.6 is 11.3 Å². The Labute approximate surface area is 162 Å². The van der Waals surface area contributed by atoms with E-state index >= 15 is 0 Å². The molecule has 0 bridgehead atoms. The third kappa shape index (κ3) is 4.45. The van der Waals surface area contributed by atoms with Crippen molar-refractivity contribution in [2.75, 3.05) is 18.2 Å². The number of benzene rings is 2. The van der Waals surface area contributed by atoms with Gasteiger partial charge in [0.05, 0.1) is 28.0 Å². The summed E-state index contributed by atoms with van der Waals surface area (Å²) in [5.74, 6) is -0.0673. The Balaban J connectivity index is 1.66. The zero-order chi connectivity index (χ0) is 19.6. The largest absolute Gasteiger partial charge is 0.497 e. The Hall–Kier alpha value is -2.45.